The molecule has 0 saturated heterocycles. The molecule has 0 unspecified atom stereocenters. The van der Waals surface area contributed by atoms with Crippen molar-refractivity contribution in [3.8, 4) is 17.2 Å². The van der Waals surface area contributed by atoms with Gasteiger partial charge in [-0.15, -0.1) is 0 Å². The lowest BCUT2D eigenvalue weighted by Gasteiger charge is -2.27. The van der Waals surface area contributed by atoms with Crippen molar-refractivity contribution in [1.29, 1.82) is 0 Å². The largest absolute Gasteiger partial charge is 0.497 e. The average molecular weight is 568 g/mol. The first kappa shape index (κ1) is 28.6. The molecule has 2 aromatic carbocycles. The van der Waals surface area contributed by atoms with Gasteiger partial charge in [0, 0.05) is 11.6 Å². The number of benzene rings is 2. The number of carbonyl (C=O) groups is 1. The summed E-state index contributed by atoms with van der Waals surface area (Å²) in [5, 5.41) is 11.5. The molecule has 1 aliphatic heterocycles. The molecule has 4 rings (SSSR count). The van der Waals surface area contributed by atoms with Crippen molar-refractivity contribution in [2.24, 2.45) is 4.99 Å². The Morgan fingerprint density at radius 3 is 2.45 bits per heavy atom. The molecule has 0 radical (unpaired) electrons. The summed E-state index contributed by atoms with van der Waals surface area (Å²) in [6.07, 6.45) is 2.74. The zero-order chi connectivity index (χ0) is 29.0. The number of nitro groups is 1. The highest BCUT2D eigenvalue weighted by atomic mass is 32.1. The van der Waals surface area contributed by atoms with Gasteiger partial charge in [-0.05, 0) is 49.2 Å². The predicted molar refractivity (Wildman–Crippen MR) is 149 cm³/mol. The summed E-state index contributed by atoms with van der Waals surface area (Å²) in [5.74, 6) is 0.494. The fraction of sp³-hybridized carbons (Fsp3) is 0.321. The van der Waals surface area contributed by atoms with Crippen molar-refractivity contribution in [3.63, 3.8) is 0 Å². The summed E-state index contributed by atoms with van der Waals surface area (Å²) in [6, 6.07) is 8.69. The van der Waals surface area contributed by atoms with Crippen LogP contribution in [0, 0.1) is 10.1 Å². The minimum Gasteiger partial charge on any atom is -0.497 e. The molecule has 12 heteroatoms. The first-order valence-corrected chi connectivity index (χ1v) is 13.4. The second-order valence-electron chi connectivity index (χ2n) is 8.71. The van der Waals surface area contributed by atoms with E-state index in [0.29, 0.717) is 46.0 Å². The molecular weight excluding hydrogens is 538 g/mol. The van der Waals surface area contributed by atoms with Gasteiger partial charge in [0.15, 0.2) is 10.6 Å². The van der Waals surface area contributed by atoms with E-state index in [0.717, 1.165) is 11.3 Å². The molecule has 0 aliphatic carbocycles. The number of thiazole rings is 1. The summed E-state index contributed by atoms with van der Waals surface area (Å²) in [6.45, 7) is 3.82. The summed E-state index contributed by atoms with van der Waals surface area (Å²) < 4.78 is 23.3. The number of nitro benzene ring substituents is 1. The Balaban J connectivity index is 2.04. The van der Waals surface area contributed by atoms with Gasteiger partial charge >= 0.3 is 11.7 Å². The molecule has 3 aromatic rings. The first-order valence-electron chi connectivity index (χ1n) is 12.5. The molecule has 0 amide bonds. The highest BCUT2D eigenvalue weighted by molar-refractivity contribution is 7.07. The van der Waals surface area contributed by atoms with Crippen LogP contribution in [0.15, 0.2) is 57.5 Å². The fourth-order valence-electron chi connectivity index (χ4n) is 4.56. The average Bonchev–Trinajstić information content (AvgIpc) is 3.26. The monoisotopic (exact) mass is 567 g/mol. The zero-order valence-electron chi connectivity index (χ0n) is 22.8. The van der Waals surface area contributed by atoms with Gasteiger partial charge < -0.3 is 18.9 Å². The Kier molecular flexibility index (Phi) is 8.68. The molecule has 1 aliphatic rings. The van der Waals surface area contributed by atoms with Gasteiger partial charge in [-0.2, -0.15) is 0 Å². The standard InChI is InChI=1S/C28H29N3O8S/c1-6-8-19-24(27(33)39-7-2)25(18-15-17(36-3)10-12-21(18)37-4)30-26(32)23(40-28(30)29-19)14-16-9-11-22(38-5)20(13-16)31(34)35/h9-15,25H,6-8H2,1-5H3/b23-14-/t25-/m0/s1. The highest BCUT2D eigenvalue weighted by Crippen LogP contribution is 2.38. The van der Waals surface area contributed by atoms with Crippen LogP contribution in [0.25, 0.3) is 6.08 Å². The summed E-state index contributed by atoms with van der Waals surface area (Å²) in [5.41, 5.74) is 1.08. The number of aromatic nitrogens is 1. The number of methoxy groups -OCH3 is 3. The maximum atomic E-state index is 14.0. The summed E-state index contributed by atoms with van der Waals surface area (Å²) in [4.78, 5) is 43.5. The van der Waals surface area contributed by atoms with E-state index in [9.17, 15) is 19.7 Å². The minimum atomic E-state index is -0.908. The molecule has 11 nitrogen and oxygen atoms in total. The smallest absolute Gasteiger partial charge is 0.338 e. The Morgan fingerprint density at radius 1 is 1.10 bits per heavy atom. The quantitative estimate of drug-likeness (QED) is 0.207. The highest BCUT2D eigenvalue weighted by Gasteiger charge is 2.36. The predicted octanol–water partition coefficient (Wildman–Crippen LogP) is 3.51. The van der Waals surface area contributed by atoms with E-state index in [2.05, 4.69) is 0 Å². The lowest BCUT2D eigenvalue weighted by Crippen LogP contribution is -2.40. The molecule has 2 heterocycles. The van der Waals surface area contributed by atoms with Crippen LogP contribution in [-0.2, 0) is 9.53 Å². The van der Waals surface area contributed by atoms with Crippen LogP contribution >= 0.6 is 11.3 Å². The van der Waals surface area contributed by atoms with Crippen LogP contribution in [0.3, 0.4) is 0 Å². The van der Waals surface area contributed by atoms with E-state index >= 15 is 0 Å². The number of rotatable bonds is 10. The van der Waals surface area contributed by atoms with E-state index in [-0.39, 0.29) is 28.1 Å². The molecule has 0 bridgehead atoms. The van der Waals surface area contributed by atoms with E-state index in [1.165, 1.54) is 38.0 Å². The summed E-state index contributed by atoms with van der Waals surface area (Å²) in [7, 11) is 4.38. The van der Waals surface area contributed by atoms with E-state index < -0.39 is 22.5 Å². The van der Waals surface area contributed by atoms with Crippen molar-refractivity contribution in [3.05, 3.63) is 88.6 Å². The lowest BCUT2D eigenvalue weighted by molar-refractivity contribution is -0.385. The Morgan fingerprint density at radius 2 is 1.82 bits per heavy atom. The molecule has 0 N–H and O–H groups in total. The van der Waals surface area contributed by atoms with Crippen molar-refractivity contribution in [1.82, 2.24) is 4.57 Å². The number of hydrogen-bond acceptors (Lipinski definition) is 10. The van der Waals surface area contributed by atoms with Gasteiger partial charge in [0.05, 0.1) is 48.7 Å². The van der Waals surface area contributed by atoms with Gasteiger partial charge in [-0.3, -0.25) is 19.5 Å². The van der Waals surface area contributed by atoms with Crippen LogP contribution in [0.4, 0.5) is 5.69 Å². The van der Waals surface area contributed by atoms with Crippen LogP contribution in [0.2, 0.25) is 0 Å². The van der Waals surface area contributed by atoms with Crippen molar-refractivity contribution in [2.75, 3.05) is 27.9 Å². The third-order valence-corrected chi connectivity index (χ3v) is 7.30. The molecule has 0 fully saturated rings. The van der Waals surface area contributed by atoms with Crippen molar-refractivity contribution < 1.29 is 28.7 Å². The Hall–Kier alpha value is -4.45. The Bertz CT molecular complexity index is 1670. The number of carbonyl (C=O) groups excluding carboxylic acids is 1. The number of fused-ring (bicyclic) bond motifs is 1. The second-order valence-corrected chi connectivity index (χ2v) is 9.72. The molecule has 1 aromatic heterocycles. The molecule has 0 spiro atoms. The maximum Gasteiger partial charge on any atom is 0.338 e. The first-order chi connectivity index (χ1) is 19.3. The summed E-state index contributed by atoms with van der Waals surface area (Å²) >= 11 is 1.13. The van der Waals surface area contributed by atoms with Crippen LogP contribution < -0.4 is 29.1 Å². The van der Waals surface area contributed by atoms with E-state index in [1.807, 2.05) is 6.92 Å². The van der Waals surface area contributed by atoms with Gasteiger partial charge in [0.2, 0.25) is 0 Å². The lowest BCUT2D eigenvalue weighted by atomic mass is 9.93. The van der Waals surface area contributed by atoms with Crippen LogP contribution in [0.1, 0.15) is 43.9 Å². The maximum absolute atomic E-state index is 14.0. The zero-order valence-corrected chi connectivity index (χ0v) is 23.6. The van der Waals surface area contributed by atoms with Crippen LogP contribution in [-0.4, -0.2) is 43.4 Å². The number of nitrogens with zero attached hydrogens (tertiary/aromatic N) is 3. The molecule has 0 saturated carbocycles. The number of hydrogen-bond donors (Lipinski definition) is 0. The van der Waals surface area contributed by atoms with Gasteiger partial charge in [-0.1, -0.05) is 30.7 Å². The number of allylic oxidation sites excluding steroid dienone is 1. The molecular formula is C28H29N3O8S. The second kappa shape index (κ2) is 12.2. The van der Waals surface area contributed by atoms with Gasteiger partial charge in [0.1, 0.15) is 17.5 Å². The SMILES string of the molecule is CCCC1=C(C(=O)OCC)[C@H](c2cc(OC)ccc2OC)n2c(s/c(=C\c3ccc(OC)c([N+](=O)[O-])c3)c2=O)=N1. The molecule has 40 heavy (non-hydrogen) atoms. The van der Waals surface area contributed by atoms with Crippen molar-refractivity contribution in [2.45, 2.75) is 32.7 Å². The van der Waals surface area contributed by atoms with Gasteiger partial charge in [-0.25, -0.2) is 9.79 Å². The molecule has 210 valence electrons. The minimum absolute atomic E-state index is 0.108. The Labute approximate surface area is 233 Å². The van der Waals surface area contributed by atoms with Crippen LogP contribution in [0.5, 0.6) is 17.2 Å². The third-order valence-electron chi connectivity index (χ3n) is 6.32. The normalized spacial score (nSPS) is 14.8. The molecule has 1 atom stereocenters. The number of ether oxygens (including phenoxy) is 4. The fourth-order valence-corrected chi connectivity index (χ4v) is 5.58. The number of esters is 1. The topological polar surface area (TPSA) is 131 Å². The van der Waals surface area contributed by atoms with E-state index in [4.69, 9.17) is 23.9 Å². The van der Waals surface area contributed by atoms with Crippen molar-refractivity contribution >= 4 is 29.1 Å². The van der Waals surface area contributed by atoms with Gasteiger partial charge in [0.25, 0.3) is 5.56 Å². The third kappa shape index (κ3) is 5.34. The van der Waals surface area contributed by atoms with E-state index in [1.54, 1.807) is 37.3 Å².